The van der Waals surface area contributed by atoms with E-state index in [4.69, 9.17) is 4.74 Å². The molecule has 0 aliphatic heterocycles. The summed E-state index contributed by atoms with van der Waals surface area (Å²) in [6, 6.07) is 0. The van der Waals surface area contributed by atoms with Crippen molar-refractivity contribution in [1.29, 1.82) is 0 Å². The maximum absolute atomic E-state index is 10.3. The molecule has 3 nitrogen and oxygen atoms in total. The second kappa shape index (κ2) is 3.45. The van der Waals surface area contributed by atoms with Gasteiger partial charge >= 0.3 is 5.97 Å². The van der Waals surface area contributed by atoms with Gasteiger partial charge in [-0.3, -0.25) is 4.79 Å². The van der Waals surface area contributed by atoms with Crippen LogP contribution in [0.15, 0.2) is 0 Å². The normalized spacial score (nSPS) is 13.4. The summed E-state index contributed by atoms with van der Waals surface area (Å²) in [6.07, 6.45) is -0.0394. The highest BCUT2D eigenvalue weighted by Crippen LogP contribution is 1.78. The van der Waals surface area contributed by atoms with Crippen molar-refractivity contribution >= 4 is 5.97 Å². The topological polar surface area (TPSA) is 30.7 Å². The molecule has 0 aliphatic rings. The van der Waals surface area contributed by atoms with E-state index in [1.54, 1.807) is 0 Å². The fourth-order valence-electron chi connectivity index (χ4n) is 0.367. The Labute approximate surface area is 55.6 Å². The molecule has 0 saturated carbocycles. The lowest BCUT2D eigenvalue weighted by atomic mass is 10.6. The molecule has 0 aliphatic carbocycles. The molecule has 0 spiro atoms. The Morgan fingerprint density at radius 1 is 1.56 bits per heavy atom. The molecule has 3 heteroatoms. The second-order valence-corrected chi connectivity index (χ2v) is 2.33. The first-order valence-corrected chi connectivity index (χ1v) is 3.01. The third-order valence-corrected chi connectivity index (χ3v) is 1.16. The van der Waals surface area contributed by atoms with Crippen molar-refractivity contribution in [2.45, 2.75) is 20.1 Å². The quantitative estimate of drug-likeness (QED) is 0.387. The summed E-state index contributed by atoms with van der Waals surface area (Å²) in [4.78, 5) is 11.4. The number of carbonyl (C=O) groups excluding carboxylic acids is 1. The lowest BCUT2D eigenvalue weighted by Crippen LogP contribution is -3.10. The molecule has 0 aromatic rings. The fourth-order valence-corrected chi connectivity index (χ4v) is 0.367. The fraction of sp³-hybridized carbons (Fsp3) is 0.833. The number of nitrogens with one attached hydrogen (secondary N) is 1. The lowest BCUT2D eigenvalue weighted by molar-refractivity contribution is -0.905. The third kappa shape index (κ3) is 3.97. The van der Waals surface area contributed by atoms with E-state index in [0.717, 1.165) is 4.90 Å². The zero-order valence-corrected chi connectivity index (χ0v) is 6.39. The van der Waals surface area contributed by atoms with Gasteiger partial charge < -0.3 is 9.64 Å². The molecule has 0 amide bonds. The number of rotatable bonds is 2. The SMILES string of the molecule is CC(=O)OC(C)[NH+](C)C. The number of quaternary nitrogens is 1. The average molecular weight is 132 g/mol. The Bertz CT molecular complexity index is 101. The molecular weight excluding hydrogens is 118 g/mol. The van der Waals surface area contributed by atoms with Crippen LogP contribution >= 0.6 is 0 Å². The number of hydrogen-bond donors (Lipinski definition) is 1. The van der Waals surface area contributed by atoms with E-state index < -0.39 is 0 Å². The number of carbonyl (C=O) groups is 1. The number of ether oxygens (including phenoxy) is 1. The summed E-state index contributed by atoms with van der Waals surface area (Å²) in [5.41, 5.74) is 0. The van der Waals surface area contributed by atoms with Gasteiger partial charge in [0.05, 0.1) is 14.1 Å². The van der Waals surface area contributed by atoms with Gasteiger partial charge in [0.2, 0.25) is 6.23 Å². The van der Waals surface area contributed by atoms with Gasteiger partial charge in [0.15, 0.2) is 0 Å². The van der Waals surface area contributed by atoms with Crippen molar-refractivity contribution in [3.63, 3.8) is 0 Å². The summed E-state index contributed by atoms with van der Waals surface area (Å²) in [6.45, 7) is 3.27. The van der Waals surface area contributed by atoms with Crippen molar-refractivity contribution in [2.75, 3.05) is 14.1 Å². The summed E-state index contributed by atoms with van der Waals surface area (Å²) in [5, 5.41) is 0. The van der Waals surface area contributed by atoms with E-state index in [1.807, 2.05) is 21.0 Å². The van der Waals surface area contributed by atoms with E-state index in [1.165, 1.54) is 6.92 Å². The van der Waals surface area contributed by atoms with Crippen molar-refractivity contribution in [3.05, 3.63) is 0 Å². The van der Waals surface area contributed by atoms with Crippen molar-refractivity contribution < 1.29 is 14.4 Å². The average Bonchev–Trinajstić information content (AvgIpc) is 1.63. The monoisotopic (exact) mass is 132 g/mol. The predicted octanol–water partition coefficient (Wildman–Crippen LogP) is -0.960. The van der Waals surface area contributed by atoms with E-state index in [9.17, 15) is 4.79 Å². The molecule has 0 heterocycles. The molecule has 0 aromatic heterocycles. The second-order valence-electron chi connectivity index (χ2n) is 2.33. The first kappa shape index (κ1) is 8.43. The van der Waals surface area contributed by atoms with Crippen molar-refractivity contribution in [2.24, 2.45) is 0 Å². The summed E-state index contributed by atoms with van der Waals surface area (Å²) in [5.74, 6) is -0.219. The first-order valence-electron chi connectivity index (χ1n) is 3.01. The van der Waals surface area contributed by atoms with Crippen LogP contribution in [0.5, 0.6) is 0 Å². The maximum Gasteiger partial charge on any atom is 0.307 e. The van der Waals surface area contributed by atoms with E-state index in [-0.39, 0.29) is 12.2 Å². The van der Waals surface area contributed by atoms with Gasteiger partial charge in [0.1, 0.15) is 0 Å². The molecule has 0 radical (unpaired) electrons. The van der Waals surface area contributed by atoms with Crippen LogP contribution in [0.1, 0.15) is 13.8 Å². The van der Waals surface area contributed by atoms with Crippen LogP contribution in [0.25, 0.3) is 0 Å². The van der Waals surface area contributed by atoms with Gasteiger partial charge in [-0.05, 0) is 0 Å². The minimum Gasteiger partial charge on any atom is -0.413 e. The van der Waals surface area contributed by atoms with Crippen molar-refractivity contribution in [1.82, 2.24) is 0 Å². The molecular formula is C6H14NO2+. The Morgan fingerprint density at radius 2 is 2.00 bits per heavy atom. The van der Waals surface area contributed by atoms with Crippen LogP contribution in [0.3, 0.4) is 0 Å². The molecule has 0 bridgehead atoms. The number of hydrogen-bond acceptors (Lipinski definition) is 2. The predicted molar refractivity (Wildman–Crippen MR) is 34.0 cm³/mol. The van der Waals surface area contributed by atoms with Gasteiger partial charge in [-0.15, -0.1) is 0 Å². The maximum atomic E-state index is 10.3. The van der Waals surface area contributed by atoms with E-state index in [2.05, 4.69) is 0 Å². The number of esters is 1. The van der Waals surface area contributed by atoms with Gasteiger partial charge in [0.25, 0.3) is 0 Å². The van der Waals surface area contributed by atoms with E-state index in [0.29, 0.717) is 0 Å². The molecule has 0 saturated heterocycles. The minimum atomic E-state index is -0.219. The smallest absolute Gasteiger partial charge is 0.307 e. The molecule has 1 unspecified atom stereocenters. The lowest BCUT2D eigenvalue weighted by Gasteiger charge is -2.15. The van der Waals surface area contributed by atoms with Gasteiger partial charge in [-0.25, -0.2) is 0 Å². The van der Waals surface area contributed by atoms with Crippen LogP contribution in [-0.2, 0) is 9.53 Å². The van der Waals surface area contributed by atoms with Gasteiger partial charge in [-0.2, -0.15) is 0 Å². The zero-order valence-electron chi connectivity index (χ0n) is 6.39. The molecule has 9 heavy (non-hydrogen) atoms. The minimum absolute atomic E-state index is 0.0394. The molecule has 0 rings (SSSR count). The highest BCUT2D eigenvalue weighted by Gasteiger charge is 2.08. The highest BCUT2D eigenvalue weighted by molar-refractivity contribution is 5.65. The van der Waals surface area contributed by atoms with Gasteiger partial charge in [0, 0.05) is 13.8 Å². The first-order chi connectivity index (χ1) is 4.04. The summed E-state index contributed by atoms with van der Waals surface area (Å²) < 4.78 is 4.84. The molecule has 1 N–H and O–H groups in total. The highest BCUT2D eigenvalue weighted by atomic mass is 16.6. The van der Waals surface area contributed by atoms with E-state index >= 15 is 0 Å². The molecule has 1 atom stereocenters. The van der Waals surface area contributed by atoms with Crippen LogP contribution in [0, 0.1) is 0 Å². The van der Waals surface area contributed by atoms with Gasteiger partial charge in [-0.1, -0.05) is 0 Å². The van der Waals surface area contributed by atoms with Crippen molar-refractivity contribution in [3.8, 4) is 0 Å². The van der Waals surface area contributed by atoms with Crippen LogP contribution in [-0.4, -0.2) is 26.3 Å². The standard InChI is InChI=1S/C6H13NO2/c1-5(7(3)4)9-6(2)8/h5H,1-4H3/p+1. The summed E-state index contributed by atoms with van der Waals surface area (Å²) in [7, 11) is 3.88. The summed E-state index contributed by atoms with van der Waals surface area (Å²) >= 11 is 0. The van der Waals surface area contributed by atoms with Crippen LogP contribution < -0.4 is 4.90 Å². The molecule has 0 aromatic carbocycles. The largest absolute Gasteiger partial charge is 0.413 e. The molecule has 0 fully saturated rings. The van der Waals surface area contributed by atoms with Crippen LogP contribution in [0.4, 0.5) is 0 Å². The Balaban J connectivity index is 3.50. The third-order valence-electron chi connectivity index (χ3n) is 1.16. The Hall–Kier alpha value is -0.570. The zero-order chi connectivity index (χ0) is 7.44. The Kier molecular flexibility index (Phi) is 3.24. The van der Waals surface area contributed by atoms with Crippen LogP contribution in [0.2, 0.25) is 0 Å². The molecule has 54 valence electrons. The Morgan fingerprint density at radius 3 is 2.11 bits per heavy atom.